The van der Waals surface area contributed by atoms with Gasteiger partial charge in [-0.25, -0.2) is 0 Å². The molecule has 202 valence electrons. The molecule has 0 atom stereocenters. The summed E-state index contributed by atoms with van der Waals surface area (Å²) in [6.45, 7) is 15.3. The highest BCUT2D eigenvalue weighted by Gasteiger charge is 2.20. The maximum absolute atomic E-state index is 11.7. The van der Waals surface area contributed by atoms with Gasteiger partial charge >= 0.3 is 0 Å². The molecule has 0 saturated carbocycles. The van der Waals surface area contributed by atoms with E-state index >= 15 is 0 Å². The zero-order valence-corrected chi connectivity index (χ0v) is 22.5. The zero-order chi connectivity index (χ0) is 28.8. The monoisotopic (exact) mass is 530 g/mol. The van der Waals surface area contributed by atoms with Crippen LogP contribution in [-0.2, 0) is 25.7 Å². The van der Waals surface area contributed by atoms with Crippen LogP contribution in [0.25, 0.3) is 33.4 Å². The molecule has 40 heavy (non-hydrogen) atoms. The third-order valence-electron chi connectivity index (χ3n) is 6.90. The predicted molar refractivity (Wildman–Crippen MR) is 165 cm³/mol. The second kappa shape index (κ2) is 12.3. The lowest BCUT2D eigenvalue weighted by Crippen LogP contribution is -1.94. The smallest absolute Gasteiger partial charge is 0.131 e. The van der Waals surface area contributed by atoms with Crippen molar-refractivity contribution in [1.29, 1.82) is 0 Å². The SMILES string of the molecule is C=CCc1cc(-c2ccc(O)c(CC=C)c2)c(O)c(-c2cc(CC=C)cc(-c3ccc(O)c(CC=C)c3)c2O)c1. The van der Waals surface area contributed by atoms with Crippen LogP contribution in [0.2, 0.25) is 0 Å². The molecule has 0 amide bonds. The van der Waals surface area contributed by atoms with E-state index in [1.165, 1.54) is 0 Å². The van der Waals surface area contributed by atoms with E-state index in [1.54, 1.807) is 48.6 Å². The number of benzene rings is 4. The van der Waals surface area contributed by atoms with E-state index in [1.807, 2.05) is 36.4 Å². The average molecular weight is 531 g/mol. The molecule has 4 aromatic rings. The van der Waals surface area contributed by atoms with E-state index < -0.39 is 0 Å². The van der Waals surface area contributed by atoms with Crippen LogP contribution in [-0.4, -0.2) is 20.4 Å². The molecular formula is C36H34O4. The van der Waals surface area contributed by atoms with Crippen molar-refractivity contribution in [3.05, 3.63) is 134 Å². The highest BCUT2D eigenvalue weighted by molar-refractivity contribution is 5.90. The third kappa shape index (κ3) is 5.71. The number of hydrogen-bond donors (Lipinski definition) is 4. The van der Waals surface area contributed by atoms with Crippen LogP contribution in [0.15, 0.2) is 111 Å². The van der Waals surface area contributed by atoms with Crippen molar-refractivity contribution in [2.24, 2.45) is 0 Å². The van der Waals surface area contributed by atoms with Crippen molar-refractivity contribution in [1.82, 2.24) is 0 Å². The molecule has 4 nitrogen and oxygen atoms in total. The standard InChI is InChI=1S/C36H34O4/c1-5-9-23-17-29(25-13-15-33(37)27(21-25)11-7-3)35(39)31(19-23)32-20-24(10-6-2)18-30(36(32)40)26-14-16-34(38)28(22-26)12-8-4/h5-8,13-22,37-40H,1-4,9-12H2. The van der Waals surface area contributed by atoms with E-state index in [-0.39, 0.29) is 23.0 Å². The summed E-state index contributed by atoms with van der Waals surface area (Å²) in [4.78, 5) is 0. The first kappa shape index (κ1) is 28.1. The fourth-order valence-corrected chi connectivity index (χ4v) is 4.95. The summed E-state index contributed by atoms with van der Waals surface area (Å²) < 4.78 is 0. The lowest BCUT2D eigenvalue weighted by Gasteiger charge is -2.18. The molecule has 4 N–H and O–H groups in total. The van der Waals surface area contributed by atoms with E-state index in [4.69, 9.17) is 0 Å². The number of allylic oxidation sites excluding steroid dienone is 4. The summed E-state index contributed by atoms with van der Waals surface area (Å²) >= 11 is 0. The molecule has 0 saturated heterocycles. The number of aromatic hydroxyl groups is 4. The van der Waals surface area contributed by atoms with E-state index in [2.05, 4.69) is 26.3 Å². The van der Waals surface area contributed by atoms with Crippen molar-refractivity contribution in [3.63, 3.8) is 0 Å². The average Bonchev–Trinajstić information content (AvgIpc) is 2.94. The van der Waals surface area contributed by atoms with Crippen LogP contribution in [0.4, 0.5) is 0 Å². The lowest BCUT2D eigenvalue weighted by molar-refractivity contribution is 0.468. The Balaban J connectivity index is 1.99. The van der Waals surface area contributed by atoms with E-state index in [0.717, 1.165) is 22.3 Å². The van der Waals surface area contributed by atoms with Crippen LogP contribution >= 0.6 is 0 Å². The molecule has 0 aliphatic rings. The first-order valence-corrected chi connectivity index (χ1v) is 13.1. The minimum atomic E-state index is 0.0121. The number of rotatable bonds is 11. The molecule has 0 heterocycles. The first-order chi connectivity index (χ1) is 19.3. The van der Waals surface area contributed by atoms with Gasteiger partial charge in [0, 0.05) is 22.3 Å². The van der Waals surface area contributed by atoms with Gasteiger partial charge in [0.2, 0.25) is 0 Å². The largest absolute Gasteiger partial charge is 0.508 e. The molecule has 4 heteroatoms. The molecule has 0 unspecified atom stereocenters. The normalized spacial score (nSPS) is 10.7. The lowest BCUT2D eigenvalue weighted by atomic mass is 9.88. The van der Waals surface area contributed by atoms with Gasteiger partial charge in [-0.3, -0.25) is 0 Å². The highest BCUT2D eigenvalue weighted by Crippen LogP contribution is 2.47. The summed E-state index contributed by atoms with van der Waals surface area (Å²) in [5.74, 6) is 0.348. The van der Waals surface area contributed by atoms with Gasteiger partial charge in [-0.2, -0.15) is 0 Å². The molecule has 0 fully saturated rings. The summed E-state index contributed by atoms with van der Waals surface area (Å²) in [5, 5.41) is 43.9. The molecule has 0 aromatic heterocycles. The Hall–Kier alpha value is -4.96. The van der Waals surface area contributed by atoms with Crippen molar-refractivity contribution < 1.29 is 20.4 Å². The molecule has 0 spiro atoms. The molecule has 0 bridgehead atoms. The Morgan fingerprint density at radius 3 is 1.15 bits per heavy atom. The van der Waals surface area contributed by atoms with Crippen LogP contribution in [0.5, 0.6) is 23.0 Å². The summed E-state index contributed by atoms with van der Waals surface area (Å²) in [5.41, 5.74) is 6.77. The Labute approximate surface area is 235 Å². The van der Waals surface area contributed by atoms with Crippen LogP contribution in [0, 0.1) is 0 Å². The van der Waals surface area contributed by atoms with Crippen LogP contribution in [0.1, 0.15) is 22.3 Å². The van der Waals surface area contributed by atoms with Gasteiger partial charge in [0.05, 0.1) is 0 Å². The Morgan fingerprint density at radius 1 is 0.450 bits per heavy atom. The summed E-state index contributed by atoms with van der Waals surface area (Å²) in [6.07, 6.45) is 9.08. The van der Waals surface area contributed by atoms with Gasteiger partial charge in [-0.1, -0.05) is 36.4 Å². The van der Waals surface area contributed by atoms with Gasteiger partial charge in [0.1, 0.15) is 23.0 Å². The quantitative estimate of drug-likeness (QED) is 0.147. The minimum Gasteiger partial charge on any atom is -0.508 e. The Morgan fingerprint density at radius 2 is 0.800 bits per heavy atom. The van der Waals surface area contributed by atoms with Gasteiger partial charge in [-0.15, -0.1) is 26.3 Å². The molecule has 4 rings (SSSR count). The third-order valence-corrected chi connectivity index (χ3v) is 6.90. The van der Waals surface area contributed by atoms with Crippen molar-refractivity contribution >= 4 is 0 Å². The number of phenols is 4. The Bertz CT molecular complexity index is 1490. The van der Waals surface area contributed by atoms with Gasteiger partial charge in [-0.05, 0) is 108 Å². The van der Waals surface area contributed by atoms with Gasteiger partial charge in [0.25, 0.3) is 0 Å². The minimum absolute atomic E-state index is 0.0121. The van der Waals surface area contributed by atoms with Crippen LogP contribution < -0.4 is 0 Å². The van der Waals surface area contributed by atoms with Gasteiger partial charge < -0.3 is 20.4 Å². The first-order valence-electron chi connectivity index (χ1n) is 13.1. The zero-order valence-electron chi connectivity index (χ0n) is 22.5. The summed E-state index contributed by atoms with van der Waals surface area (Å²) in [7, 11) is 0. The second-order valence-electron chi connectivity index (χ2n) is 9.74. The van der Waals surface area contributed by atoms with Crippen molar-refractivity contribution in [2.75, 3.05) is 0 Å². The number of hydrogen-bond acceptors (Lipinski definition) is 4. The molecule has 0 radical (unpaired) electrons. The Kier molecular flexibility index (Phi) is 8.60. The maximum atomic E-state index is 11.7. The molecule has 0 aliphatic heterocycles. The van der Waals surface area contributed by atoms with E-state index in [9.17, 15) is 20.4 Å². The predicted octanol–water partition coefficient (Wildman–Crippen LogP) is 8.42. The van der Waals surface area contributed by atoms with Gasteiger partial charge in [0.15, 0.2) is 0 Å². The molecular weight excluding hydrogens is 496 g/mol. The van der Waals surface area contributed by atoms with Crippen molar-refractivity contribution in [3.8, 4) is 56.4 Å². The maximum Gasteiger partial charge on any atom is 0.131 e. The second-order valence-corrected chi connectivity index (χ2v) is 9.74. The number of phenolic OH excluding ortho intramolecular Hbond substituents is 4. The fraction of sp³-hybridized carbons (Fsp3) is 0.111. The topological polar surface area (TPSA) is 80.9 Å². The molecule has 4 aromatic carbocycles. The fourth-order valence-electron chi connectivity index (χ4n) is 4.95. The molecule has 0 aliphatic carbocycles. The van der Waals surface area contributed by atoms with E-state index in [0.29, 0.717) is 59.1 Å². The summed E-state index contributed by atoms with van der Waals surface area (Å²) in [6, 6.07) is 17.9. The van der Waals surface area contributed by atoms with Crippen LogP contribution in [0.3, 0.4) is 0 Å². The van der Waals surface area contributed by atoms with Crippen molar-refractivity contribution in [2.45, 2.75) is 25.7 Å². The highest BCUT2D eigenvalue weighted by atomic mass is 16.3.